The molecular formula is C20H32N4O5S. The highest BCUT2D eigenvalue weighted by molar-refractivity contribution is 7.89. The lowest BCUT2D eigenvalue weighted by Gasteiger charge is -2.22. The molecule has 1 unspecified atom stereocenters. The number of aliphatic imine (C=N–C) groups is 1. The van der Waals surface area contributed by atoms with Crippen LogP contribution < -0.4 is 24.8 Å². The summed E-state index contributed by atoms with van der Waals surface area (Å²) < 4.78 is 43.3. The van der Waals surface area contributed by atoms with Crippen LogP contribution >= 0.6 is 0 Å². The summed E-state index contributed by atoms with van der Waals surface area (Å²) in [5.74, 6) is 2.08. The standard InChI is InChI=1S/C20H32N4O5S/c1-2-21-20(22-9-8-16-6-7-18-19(13-16)29-15-28-18)23-10-12-30(25,26)24-14-17-5-3-4-11-27-17/h6-7,13,17,24H,2-5,8-12,14-15H2,1H3,(H2,21,22,23). The summed E-state index contributed by atoms with van der Waals surface area (Å²) in [7, 11) is -3.38. The number of rotatable bonds is 10. The van der Waals surface area contributed by atoms with Gasteiger partial charge in [-0.05, 0) is 50.3 Å². The number of fused-ring (bicyclic) bond motifs is 1. The molecule has 1 aromatic carbocycles. The summed E-state index contributed by atoms with van der Waals surface area (Å²) in [6.07, 6.45) is 3.79. The maximum atomic E-state index is 12.2. The lowest BCUT2D eigenvalue weighted by molar-refractivity contribution is 0.0200. The van der Waals surface area contributed by atoms with E-state index >= 15 is 0 Å². The molecule has 2 aliphatic rings. The van der Waals surface area contributed by atoms with Crippen LogP contribution in [0, 0.1) is 0 Å². The third-order valence-electron chi connectivity index (χ3n) is 4.92. The Morgan fingerprint density at radius 2 is 2.07 bits per heavy atom. The fourth-order valence-corrected chi connectivity index (χ4v) is 4.22. The van der Waals surface area contributed by atoms with Gasteiger partial charge in [0.05, 0.1) is 18.4 Å². The first kappa shape index (κ1) is 22.6. The van der Waals surface area contributed by atoms with E-state index in [9.17, 15) is 8.42 Å². The Bertz CT molecular complexity index is 809. The smallest absolute Gasteiger partial charge is 0.231 e. The molecular weight excluding hydrogens is 408 g/mol. The number of hydrogen-bond donors (Lipinski definition) is 3. The van der Waals surface area contributed by atoms with Crippen molar-refractivity contribution in [1.29, 1.82) is 0 Å². The third-order valence-corrected chi connectivity index (χ3v) is 6.25. The Morgan fingerprint density at radius 1 is 1.20 bits per heavy atom. The maximum absolute atomic E-state index is 12.2. The topological polar surface area (TPSA) is 110 Å². The van der Waals surface area contributed by atoms with E-state index in [1.54, 1.807) is 0 Å². The van der Waals surface area contributed by atoms with Crippen LogP contribution in [0.3, 0.4) is 0 Å². The second-order valence-electron chi connectivity index (χ2n) is 7.28. The molecule has 3 N–H and O–H groups in total. The highest BCUT2D eigenvalue weighted by atomic mass is 32.2. The summed E-state index contributed by atoms with van der Waals surface area (Å²) >= 11 is 0. The van der Waals surface area contributed by atoms with Crippen molar-refractivity contribution < 1.29 is 22.6 Å². The number of benzene rings is 1. The van der Waals surface area contributed by atoms with Gasteiger partial charge in [-0.2, -0.15) is 0 Å². The second-order valence-corrected chi connectivity index (χ2v) is 9.21. The van der Waals surface area contributed by atoms with Crippen molar-refractivity contribution in [2.45, 2.75) is 38.7 Å². The van der Waals surface area contributed by atoms with Crippen molar-refractivity contribution in [3.63, 3.8) is 0 Å². The van der Waals surface area contributed by atoms with Crippen molar-refractivity contribution >= 4 is 16.0 Å². The number of ether oxygens (including phenoxy) is 3. The van der Waals surface area contributed by atoms with E-state index in [0.29, 0.717) is 32.2 Å². The lowest BCUT2D eigenvalue weighted by Crippen LogP contribution is -2.39. The molecule has 0 aromatic heterocycles. The summed E-state index contributed by atoms with van der Waals surface area (Å²) in [5.41, 5.74) is 1.12. The molecule has 0 saturated carbocycles. The molecule has 30 heavy (non-hydrogen) atoms. The van der Waals surface area contributed by atoms with Gasteiger partial charge in [-0.25, -0.2) is 13.1 Å². The summed E-state index contributed by atoms with van der Waals surface area (Å²) in [5, 5.41) is 6.38. The van der Waals surface area contributed by atoms with Crippen LogP contribution in [0.25, 0.3) is 0 Å². The molecule has 1 saturated heterocycles. The Kier molecular flexibility index (Phi) is 8.59. The molecule has 1 aromatic rings. The molecule has 168 valence electrons. The molecule has 10 heteroatoms. The van der Waals surface area contributed by atoms with Crippen molar-refractivity contribution in [1.82, 2.24) is 15.4 Å². The maximum Gasteiger partial charge on any atom is 0.231 e. The molecule has 0 radical (unpaired) electrons. The minimum Gasteiger partial charge on any atom is -0.454 e. The fourth-order valence-electron chi connectivity index (χ4n) is 3.30. The molecule has 0 bridgehead atoms. The van der Waals surface area contributed by atoms with Crippen LogP contribution in [-0.2, 0) is 21.2 Å². The van der Waals surface area contributed by atoms with Gasteiger partial charge in [-0.15, -0.1) is 0 Å². The number of sulfonamides is 1. The normalized spacial score (nSPS) is 19.0. The second kappa shape index (κ2) is 11.4. The van der Waals surface area contributed by atoms with E-state index < -0.39 is 10.0 Å². The Balaban J connectivity index is 1.40. The molecule has 1 atom stereocenters. The Morgan fingerprint density at radius 3 is 2.87 bits per heavy atom. The first-order chi connectivity index (χ1) is 14.6. The van der Waals surface area contributed by atoms with Crippen LogP contribution in [0.4, 0.5) is 0 Å². The van der Waals surface area contributed by atoms with Gasteiger partial charge in [0.15, 0.2) is 17.5 Å². The number of hydrogen-bond acceptors (Lipinski definition) is 6. The molecule has 0 spiro atoms. The number of nitrogens with one attached hydrogen (secondary N) is 3. The van der Waals surface area contributed by atoms with Crippen molar-refractivity contribution in [3.05, 3.63) is 23.8 Å². The summed E-state index contributed by atoms with van der Waals surface area (Å²) in [6.45, 7) is 4.81. The van der Waals surface area contributed by atoms with Gasteiger partial charge in [-0.3, -0.25) is 4.99 Å². The predicted molar refractivity (Wildman–Crippen MR) is 116 cm³/mol. The van der Waals surface area contributed by atoms with Crippen molar-refractivity contribution in [3.8, 4) is 11.5 Å². The molecule has 3 rings (SSSR count). The highest BCUT2D eigenvalue weighted by Crippen LogP contribution is 2.32. The Labute approximate surface area is 178 Å². The zero-order valence-corrected chi connectivity index (χ0v) is 18.3. The number of nitrogens with zero attached hydrogens (tertiary/aromatic N) is 1. The van der Waals surface area contributed by atoms with Crippen LogP contribution in [0.15, 0.2) is 23.2 Å². The Hall–Kier alpha value is -2.04. The summed E-state index contributed by atoms with van der Waals surface area (Å²) in [6, 6.07) is 5.89. The lowest BCUT2D eigenvalue weighted by atomic mass is 10.1. The zero-order chi connectivity index (χ0) is 21.2. The first-order valence-electron chi connectivity index (χ1n) is 10.6. The average Bonchev–Trinajstić information content (AvgIpc) is 3.21. The molecule has 1 fully saturated rings. The van der Waals surface area contributed by atoms with E-state index in [1.807, 2.05) is 25.1 Å². The average molecular weight is 441 g/mol. The van der Waals surface area contributed by atoms with Crippen LogP contribution in [0.5, 0.6) is 11.5 Å². The van der Waals surface area contributed by atoms with E-state index in [0.717, 1.165) is 42.7 Å². The highest BCUT2D eigenvalue weighted by Gasteiger charge is 2.17. The zero-order valence-electron chi connectivity index (χ0n) is 17.5. The van der Waals surface area contributed by atoms with Gasteiger partial charge in [0.2, 0.25) is 16.8 Å². The van der Waals surface area contributed by atoms with Crippen molar-refractivity contribution in [2.24, 2.45) is 4.99 Å². The van der Waals surface area contributed by atoms with E-state index in [1.165, 1.54) is 0 Å². The van der Waals surface area contributed by atoms with Gasteiger partial charge in [0.1, 0.15) is 0 Å². The van der Waals surface area contributed by atoms with Gasteiger partial charge >= 0.3 is 0 Å². The molecule has 2 heterocycles. The minimum absolute atomic E-state index is 0.0211. The molecule has 0 aliphatic carbocycles. The van der Waals surface area contributed by atoms with E-state index in [-0.39, 0.29) is 25.2 Å². The molecule has 2 aliphatic heterocycles. The van der Waals surface area contributed by atoms with Gasteiger partial charge in [0.25, 0.3) is 0 Å². The third kappa shape index (κ3) is 7.33. The quantitative estimate of drug-likeness (QED) is 0.368. The SMILES string of the molecule is CCNC(=NCCS(=O)(=O)NCC1CCCCO1)NCCc1ccc2c(c1)OCO2. The number of guanidine groups is 1. The minimum atomic E-state index is -3.38. The van der Waals surface area contributed by atoms with Gasteiger partial charge < -0.3 is 24.8 Å². The monoisotopic (exact) mass is 440 g/mol. The van der Waals surface area contributed by atoms with Crippen LogP contribution in [0.2, 0.25) is 0 Å². The fraction of sp³-hybridized carbons (Fsp3) is 0.650. The van der Waals surface area contributed by atoms with Gasteiger partial charge in [0, 0.05) is 26.2 Å². The van der Waals surface area contributed by atoms with E-state index in [4.69, 9.17) is 14.2 Å². The van der Waals surface area contributed by atoms with Crippen LogP contribution in [-0.4, -0.2) is 65.8 Å². The van der Waals surface area contributed by atoms with Gasteiger partial charge in [-0.1, -0.05) is 6.07 Å². The van der Waals surface area contributed by atoms with Crippen LogP contribution in [0.1, 0.15) is 31.7 Å². The summed E-state index contributed by atoms with van der Waals surface area (Å²) in [4.78, 5) is 4.38. The molecule has 9 nitrogen and oxygen atoms in total. The first-order valence-corrected chi connectivity index (χ1v) is 12.2. The molecule has 0 amide bonds. The van der Waals surface area contributed by atoms with E-state index in [2.05, 4.69) is 20.3 Å². The largest absolute Gasteiger partial charge is 0.454 e. The van der Waals surface area contributed by atoms with Crippen molar-refractivity contribution in [2.75, 3.05) is 45.3 Å². The predicted octanol–water partition coefficient (Wildman–Crippen LogP) is 1.00.